The van der Waals surface area contributed by atoms with E-state index in [4.69, 9.17) is 5.73 Å². The highest BCUT2D eigenvalue weighted by atomic mass is 32.2. The fraction of sp³-hybridized carbons (Fsp3) is 0.333. The van der Waals surface area contributed by atoms with Gasteiger partial charge in [-0.15, -0.1) is 11.3 Å². The summed E-state index contributed by atoms with van der Waals surface area (Å²) in [6.07, 6.45) is 1.47. The maximum atomic E-state index is 12.2. The van der Waals surface area contributed by atoms with E-state index < -0.39 is 16.1 Å². The Labute approximate surface area is 122 Å². The number of hydrogen-bond acceptors (Lipinski definition) is 6. The van der Waals surface area contributed by atoms with Gasteiger partial charge in [-0.05, 0) is 25.5 Å². The zero-order chi connectivity index (χ0) is 14.8. The van der Waals surface area contributed by atoms with Crippen molar-refractivity contribution in [1.29, 1.82) is 0 Å². The molecular formula is C12H16N4O2S2. The first-order valence-electron chi connectivity index (χ1n) is 6.01. The Kier molecular flexibility index (Phi) is 4.48. The van der Waals surface area contributed by atoms with Crippen molar-refractivity contribution < 1.29 is 8.42 Å². The monoisotopic (exact) mass is 312 g/mol. The largest absolute Gasteiger partial charge is 0.326 e. The second-order valence-electron chi connectivity index (χ2n) is 4.38. The molecule has 0 amide bonds. The summed E-state index contributed by atoms with van der Waals surface area (Å²) >= 11 is 1.42. The van der Waals surface area contributed by atoms with Crippen molar-refractivity contribution in [2.45, 2.75) is 31.5 Å². The standard InChI is InChI=1S/C12H16N4O2S2/c1-8-7-19-12(15-8)9(2)16-20(17,18)11-4-3-10(5-13)6-14-11/h3-4,6-7,9,16H,5,13H2,1-2H3. The van der Waals surface area contributed by atoms with Gasteiger partial charge in [0.05, 0.1) is 6.04 Å². The highest BCUT2D eigenvalue weighted by molar-refractivity contribution is 7.89. The van der Waals surface area contributed by atoms with Crippen molar-refractivity contribution in [3.63, 3.8) is 0 Å². The maximum Gasteiger partial charge on any atom is 0.258 e. The Balaban J connectivity index is 2.17. The quantitative estimate of drug-likeness (QED) is 0.868. The van der Waals surface area contributed by atoms with Crippen LogP contribution in [0.2, 0.25) is 0 Å². The predicted molar refractivity (Wildman–Crippen MR) is 77.7 cm³/mol. The van der Waals surface area contributed by atoms with E-state index in [1.165, 1.54) is 23.6 Å². The smallest absolute Gasteiger partial charge is 0.258 e. The molecule has 0 radical (unpaired) electrons. The predicted octanol–water partition coefficient (Wildman–Crippen LogP) is 1.34. The van der Waals surface area contributed by atoms with Crippen LogP contribution in [0.1, 0.15) is 29.2 Å². The molecule has 0 aliphatic rings. The SMILES string of the molecule is Cc1csc(C(C)NS(=O)(=O)c2ccc(CN)cn2)n1. The average Bonchev–Trinajstić information content (AvgIpc) is 2.85. The molecule has 1 atom stereocenters. The van der Waals surface area contributed by atoms with Gasteiger partial charge in [0.25, 0.3) is 10.0 Å². The molecule has 2 heterocycles. The molecule has 20 heavy (non-hydrogen) atoms. The van der Waals surface area contributed by atoms with Crippen LogP contribution in [0.3, 0.4) is 0 Å². The van der Waals surface area contributed by atoms with Gasteiger partial charge in [-0.1, -0.05) is 6.07 Å². The second kappa shape index (κ2) is 5.96. The number of sulfonamides is 1. The number of aromatic nitrogens is 2. The van der Waals surface area contributed by atoms with E-state index in [-0.39, 0.29) is 5.03 Å². The van der Waals surface area contributed by atoms with Crippen LogP contribution in [0.5, 0.6) is 0 Å². The Morgan fingerprint density at radius 1 is 1.45 bits per heavy atom. The van der Waals surface area contributed by atoms with E-state index in [1.807, 2.05) is 12.3 Å². The number of nitrogens with two attached hydrogens (primary N) is 1. The molecule has 0 spiro atoms. The van der Waals surface area contributed by atoms with Crippen molar-refractivity contribution in [3.05, 3.63) is 40.0 Å². The van der Waals surface area contributed by atoms with Gasteiger partial charge in [0, 0.05) is 23.8 Å². The number of rotatable bonds is 5. The van der Waals surface area contributed by atoms with E-state index in [0.29, 0.717) is 6.54 Å². The summed E-state index contributed by atoms with van der Waals surface area (Å²) in [4.78, 5) is 8.20. The Morgan fingerprint density at radius 3 is 2.70 bits per heavy atom. The molecule has 3 N–H and O–H groups in total. The first kappa shape index (κ1) is 15.0. The lowest BCUT2D eigenvalue weighted by atomic mass is 10.3. The van der Waals surface area contributed by atoms with Gasteiger partial charge < -0.3 is 5.73 Å². The van der Waals surface area contributed by atoms with Gasteiger partial charge in [-0.2, -0.15) is 0 Å². The van der Waals surface area contributed by atoms with E-state index in [0.717, 1.165) is 16.3 Å². The van der Waals surface area contributed by atoms with E-state index in [2.05, 4.69) is 14.7 Å². The lowest BCUT2D eigenvalue weighted by molar-refractivity contribution is 0.562. The van der Waals surface area contributed by atoms with Crippen molar-refractivity contribution in [3.8, 4) is 0 Å². The third kappa shape index (κ3) is 3.40. The molecule has 2 rings (SSSR count). The summed E-state index contributed by atoms with van der Waals surface area (Å²) < 4.78 is 27.0. The van der Waals surface area contributed by atoms with Crippen LogP contribution in [-0.4, -0.2) is 18.4 Å². The maximum absolute atomic E-state index is 12.2. The molecule has 2 aromatic heterocycles. The third-order valence-electron chi connectivity index (χ3n) is 2.65. The van der Waals surface area contributed by atoms with Crippen LogP contribution in [0, 0.1) is 6.92 Å². The number of aryl methyl sites for hydroxylation is 1. The fourth-order valence-electron chi connectivity index (χ4n) is 1.61. The van der Waals surface area contributed by atoms with Crippen molar-refractivity contribution in [2.24, 2.45) is 5.73 Å². The van der Waals surface area contributed by atoms with Crippen molar-refractivity contribution in [2.75, 3.05) is 0 Å². The molecule has 8 heteroatoms. The topological polar surface area (TPSA) is 98.0 Å². The highest BCUT2D eigenvalue weighted by Gasteiger charge is 2.21. The van der Waals surface area contributed by atoms with Crippen LogP contribution in [-0.2, 0) is 16.6 Å². The zero-order valence-electron chi connectivity index (χ0n) is 11.2. The van der Waals surface area contributed by atoms with Crippen LogP contribution < -0.4 is 10.5 Å². The number of pyridine rings is 1. The van der Waals surface area contributed by atoms with Gasteiger partial charge >= 0.3 is 0 Å². The van der Waals surface area contributed by atoms with E-state index in [9.17, 15) is 8.42 Å². The molecule has 1 unspecified atom stereocenters. The molecule has 108 valence electrons. The third-order valence-corrected chi connectivity index (χ3v) is 5.25. The molecule has 0 fully saturated rings. The molecule has 0 saturated carbocycles. The minimum atomic E-state index is -3.66. The van der Waals surface area contributed by atoms with Crippen LogP contribution in [0.25, 0.3) is 0 Å². The lowest BCUT2D eigenvalue weighted by Gasteiger charge is -2.11. The normalized spacial score (nSPS) is 13.3. The van der Waals surface area contributed by atoms with Gasteiger partial charge in [0.15, 0.2) is 5.03 Å². The average molecular weight is 312 g/mol. The molecule has 6 nitrogen and oxygen atoms in total. The molecule has 2 aromatic rings. The molecule has 0 bridgehead atoms. The number of thiazole rings is 1. The number of nitrogens with one attached hydrogen (secondary N) is 1. The fourth-order valence-corrected chi connectivity index (χ4v) is 3.62. The summed E-state index contributed by atoms with van der Waals surface area (Å²) in [6.45, 7) is 3.95. The highest BCUT2D eigenvalue weighted by Crippen LogP contribution is 2.19. The lowest BCUT2D eigenvalue weighted by Crippen LogP contribution is -2.27. The Bertz CT molecular complexity index is 680. The minimum absolute atomic E-state index is 0.0187. The van der Waals surface area contributed by atoms with Crippen molar-refractivity contribution >= 4 is 21.4 Å². The summed E-state index contributed by atoms with van der Waals surface area (Å²) in [5.41, 5.74) is 7.12. The molecule has 0 aliphatic carbocycles. The van der Waals surface area contributed by atoms with E-state index >= 15 is 0 Å². The first-order valence-corrected chi connectivity index (χ1v) is 8.38. The van der Waals surface area contributed by atoms with Crippen LogP contribution >= 0.6 is 11.3 Å². The first-order chi connectivity index (χ1) is 9.42. The van der Waals surface area contributed by atoms with Crippen LogP contribution in [0.4, 0.5) is 0 Å². The van der Waals surface area contributed by atoms with Gasteiger partial charge in [-0.25, -0.2) is 23.1 Å². The number of nitrogens with zero attached hydrogens (tertiary/aromatic N) is 2. The summed E-state index contributed by atoms with van der Waals surface area (Å²) in [5, 5.41) is 2.59. The summed E-state index contributed by atoms with van der Waals surface area (Å²) in [7, 11) is -3.66. The zero-order valence-corrected chi connectivity index (χ0v) is 12.8. The molecule has 0 aromatic carbocycles. The van der Waals surface area contributed by atoms with Crippen LogP contribution in [0.15, 0.2) is 28.7 Å². The minimum Gasteiger partial charge on any atom is -0.326 e. The van der Waals surface area contributed by atoms with Gasteiger partial charge in [0.1, 0.15) is 5.01 Å². The summed E-state index contributed by atoms with van der Waals surface area (Å²) in [5.74, 6) is 0. The molecular weight excluding hydrogens is 296 g/mol. The molecule has 0 saturated heterocycles. The Morgan fingerprint density at radius 2 is 2.20 bits per heavy atom. The van der Waals surface area contributed by atoms with Crippen molar-refractivity contribution in [1.82, 2.24) is 14.7 Å². The number of hydrogen-bond donors (Lipinski definition) is 2. The van der Waals surface area contributed by atoms with Gasteiger partial charge in [-0.3, -0.25) is 0 Å². The molecule has 0 aliphatic heterocycles. The summed E-state index contributed by atoms with van der Waals surface area (Å²) in [6, 6.07) is 2.71. The Hall–Kier alpha value is -1.35. The second-order valence-corrected chi connectivity index (χ2v) is 6.93. The van der Waals surface area contributed by atoms with E-state index in [1.54, 1.807) is 13.0 Å². The van der Waals surface area contributed by atoms with Gasteiger partial charge in [0.2, 0.25) is 0 Å².